The Hall–Kier alpha value is -0.453. The maximum Gasteiger partial charge on any atom is 0.192 e. The van der Waals surface area contributed by atoms with Crippen molar-refractivity contribution in [1.29, 1.82) is 0 Å². The zero-order chi connectivity index (χ0) is 16.8. The Balaban J connectivity index is 5.24. The van der Waals surface area contributed by atoms with Gasteiger partial charge in [0.25, 0.3) is 0 Å². The van der Waals surface area contributed by atoms with Crippen molar-refractivity contribution in [2.45, 2.75) is 71.4 Å². The minimum Gasteiger partial charge on any atom is -0.411 e. The maximum absolute atomic E-state index is 10.9. The van der Waals surface area contributed by atoms with Gasteiger partial charge in [0.15, 0.2) is 8.32 Å². The predicted molar refractivity (Wildman–Crippen MR) is 92.1 cm³/mol. The Bertz CT molecular complexity index is 333. The van der Waals surface area contributed by atoms with E-state index in [0.29, 0.717) is 0 Å². The lowest BCUT2D eigenvalue weighted by molar-refractivity contribution is -0.111. The highest BCUT2D eigenvalue weighted by atomic mass is 28.4. The molecule has 0 bridgehead atoms. The van der Waals surface area contributed by atoms with Crippen LogP contribution in [0.3, 0.4) is 0 Å². The molecule has 4 atom stereocenters. The highest BCUT2D eigenvalue weighted by molar-refractivity contribution is 6.74. The standard InChI is InChI=1S/C17H34O3Si/c1-10-15(19-7)16(14(3)11-13(2)12-18)20-21(8,9)17(4,5)6/h10,12-16H,1,11H2,2-9H3/t13?,14-,15+,16+/m1/s1. The molecule has 1 unspecified atom stereocenters. The van der Waals surface area contributed by atoms with E-state index in [2.05, 4.69) is 47.4 Å². The van der Waals surface area contributed by atoms with Gasteiger partial charge in [-0.1, -0.05) is 40.7 Å². The van der Waals surface area contributed by atoms with Crippen molar-refractivity contribution in [2.24, 2.45) is 11.8 Å². The second kappa shape index (κ2) is 8.25. The molecule has 0 aliphatic carbocycles. The molecule has 0 amide bonds. The molecular formula is C17H34O3Si. The first-order chi connectivity index (χ1) is 9.50. The molecule has 0 aliphatic rings. The van der Waals surface area contributed by atoms with Crippen LogP contribution >= 0.6 is 0 Å². The monoisotopic (exact) mass is 314 g/mol. The molecule has 0 saturated heterocycles. The van der Waals surface area contributed by atoms with Crippen LogP contribution in [0.1, 0.15) is 41.0 Å². The summed E-state index contributed by atoms with van der Waals surface area (Å²) in [5.74, 6) is 0.273. The molecule has 0 heterocycles. The second-order valence-electron chi connectivity index (χ2n) is 7.61. The third-order valence-corrected chi connectivity index (χ3v) is 9.08. The first-order valence-corrected chi connectivity index (χ1v) is 10.7. The van der Waals surface area contributed by atoms with Crippen molar-refractivity contribution < 1.29 is 14.0 Å². The van der Waals surface area contributed by atoms with Crippen LogP contribution in [0, 0.1) is 11.8 Å². The molecule has 124 valence electrons. The molecule has 0 N–H and O–H groups in total. The van der Waals surface area contributed by atoms with Gasteiger partial charge < -0.3 is 14.0 Å². The van der Waals surface area contributed by atoms with Crippen LogP contribution in [0.15, 0.2) is 12.7 Å². The summed E-state index contributed by atoms with van der Waals surface area (Å²) in [5.41, 5.74) is 0. The third kappa shape index (κ3) is 6.05. The molecule has 0 aromatic carbocycles. The van der Waals surface area contributed by atoms with E-state index in [0.717, 1.165) is 12.7 Å². The van der Waals surface area contributed by atoms with Gasteiger partial charge in [0.2, 0.25) is 0 Å². The van der Waals surface area contributed by atoms with E-state index >= 15 is 0 Å². The van der Waals surface area contributed by atoms with Crippen LogP contribution in [0.4, 0.5) is 0 Å². The summed E-state index contributed by atoms with van der Waals surface area (Å²) in [6, 6.07) is 0. The van der Waals surface area contributed by atoms with E-state index in [-0.39, 0.29) is 29.1 Å². The molecule has 0 aromatic heterocycles. The largest absolute Gasteiger partial charge is 0.411 e. The lowest BCUT2D eigenvalue weighted by Crippen LogP contribution is -2.49. The Morgan fingerprint density at radius 2 is 1.76 bits per heavy atom. The summed E-state index contributed by atoms with van der Waals surface area (Å²) in [7, 11) is -0.219. The fourth-order valence-electron chi connectivity index (χ4n) is 2.16. The van der Waals surface area contributed by atoms with Gasteiger partial charge in [-0.2, -0.15) is 0 Å². The number of methoxy groups -OCH3 is 1. The van der Waals surface area contributed by atoms with Gasteiger partial charge in [-0.05, 0) is 30.5 Å². The number of hydrogen-bond acceptors (Lipinski definition) is 3. The zero-order valence-electron chi connectivity index (χ0n) is 15.1. The maximum atomic E-state index is 10.9. The van der Waals surface area contributed by atoms with E-state index in [1.807, 2.05) is 6.92 Å². The highest BCUT2D eigenvalue weighted by Gasteiger charge is 2.42. The van der Waals surface area contributed by atoms with E-state index < -0.39 is 8.32 Å². The van der Waals surface area contributed by atoms with E-state index in [1.165, 1.54) is 0 Å². The third-order valence-electron chi connectivity index (χ3n) is 4.60. The molecule has 0 radical (unpaired) electrons. The van der Waals surface area contributed by atoms with Crippen LogP contribution in [-0.2, 0) is 14.0 Å². The summed E-state index contributed by atoms with van der Waals surface area (Å²) >= 11 is 0. The average molecular weight is 315 g/mol. The first kappa shape index (κ1) is 20.5. The van der Waals surface area contributed by atoms with Gasteiger partial charge in [0.05, 0.1) is 6.10 Å². The van der Waals surface area contributed by atoms with Crippen molar-refractivity contribution in [3.63, 3.8) is 0 Å². The predicted octanol–water partition coefficient (Wildman–Crippen LogP) is 4.44. The SMILES string of the molecule is C=C[C@H](OC)[C@@H](O[Si](C)(C)C(C)(C)C)[C@H](C)CC(C)C=O. The molecule has 0 fully saturated rings. The lowest BCUT2D eigenvalue weighted by atomic mass is 9.91. The van der Waals surface area contributed by atoms with E-state index in [9.17, 15) is 4.79 Å². The van der Waals surface area contributed by atoms with Crippen LogP contribution in [0.5, 0.6) is 0 Å². The Kier molecular flexibility index (Phi) is 8.07. The lowest BCUT2D eigenvalue weighted by Gasteiger charge is -2.42. The smallest absolute Gasteiger partial charge is 0.192 e. The van der Waals surface area contributed by atoms with E-state index in [4.69, 9.17) is 9.16 Å². The molecule has 0 aliphatic heterocycles. The van der Waals surface area contributed by atoms with Crippen molar-refractivity contribution in [1.82, 2.24) is 0 Å². The molecule has 4 heteroatoms. The minimum absolute atomic E-state index is 0.0350. The van der Waals surface area contributed by atoms with Crippen molar-refractivity contribution in [2.75, 3.05) is 7.11 Å². The number of ether oxygens (including phenoxy) is 1. The van der Waals surface area contributed by atoms with Crippen LogP contribution in [-0.4, -0.2) is 33.9 Å². The second-order valence-corrected chi connectivity index (χ2v) is 12.4. The zero-order valence-corrected chi connectivity index (χ0v) is 16.1. The van der Waals surface area contributed by atoms with Crippen molar-refractivity contribution in [3.05, 3.63) is 12.7 Å². The molecular weight excluding hydrogens is 280 g/mol. The Morgan fingerprint density at radius 1 is 1.24 bits per heavy atom. The van der Waals surface area contributed by atoms with Gasteiger partial charge in [-0.25, -0.2) is 0 Å². The van der Waals surface area contributed by atoms with Crippen LogP contribution < -0.4 is 0 Å². The first-order valence-electron chi connectivity index (χ1n) is 7.78. The summed E-state index contributed by atoms with van der Waals surface area (Å²) in [6.07, 6.45) is 3.41. The summed E-state index contributed by atoms with van der Waals surface area (Å²) < 4.78 is 12.1. The van der Waals surface area contributed by atoms with Crippen molar-refractivity contribution in [3.8, 4) is 0 Å². The van der Waals surface area contributed by atoms with Gasteiger partial charge in [-0.15, -0.1) is 6.58 Å². The molecule has 21 heavy (non-hydrogen) atoms. The number of aldehydes is 1. The van der Waals surface area contributed by atoms with Crippen LogP contribution in [0.2, 0.25) is 18.1 Å². The Morgan fingerprint density at radius 3 is 2.10 bits per heavy atom. The number of rotatable bonds is 9. The fraction of sp³-hybridized carbons (Fsp3) is 0.824. The molecule has 0 rings (SSSR count). The minimum atomic E-state index is -1.90. The van der Waals surface area contributed by atoms with Crippen molar-refractivity contribution >= 4 is 14.6 Å². The normalized spacial score (nSPS) is 18.7. The van der Waals surface area contributed by atoms with E-state index in [1.54, 1.807) is 13.2 Å². The number of carbonyl (C=O) groups is 1. The molecule has 0 aromatic rings. The number of carbonyl (C=O) groups excluding carboxylic acids is 1. The fourth-order valence-corrected chi connectivity index (χ4v) is 3.56. The summed E-state index contributed by atoms with van der Waals surface area (Å²) in [5, 5.41) is 0.140. The summed E-state index contributed by atoms with van der Waals surface area (Å²) in [6.45, 7) is 19.1. The molecule has 0 saturated carbocycles. The molecule has 3 nitrogen and oxygen atoms in total. The van der Waals surface area contributed by atoms with Crippen LogP contribution in [0.25, 0.3) is 0 Å². The highest BCUT2D eigenvalue weighted by Crippen LogP contribution is 2.39. The van der Waals surface area contributed by atoms with Gasteiger partial charge in [0.1, 0.15) is 12.4 Å². The van der Waals surface area contributed by atoms with Gasteiger partial charge in [-0.3, -0.25) is 0 Å². The molecule has 0 spiro atoms. The number of hydrogen-bond donors (Lipinski definition) is 0. The summed E-state index contributed by atoms with van der Waals surface area (Å²) in [4.78, 5) is 10.9. The quantitative estimate of drug-likeness (QED) is 0.358. The topological polar surface area (TPSA) is 35.5 Å². The van der Waals surface area contributed by atoms with Gasteiger partial charge in [0, 0.05) is 13.0 Å². The van der Waals surface area contributed by atoms with Gasteiger partial charge >= 0.3 is 0 Å². The Labute approximate surface area is 132 Å². The average Bonchev–Trinajstić information content (AvgIpc) is 2.37.